The molecule has 1 aromatic rings. The van der Waals surface area contributed by atoms with Crippen LogP contribution in [0.1, 0.15) is 25.0 Å². The predicted octanol–water partition coefficient (Wildman–Crippen LogP) is 3.91. The van der Waals surface area contributed by atoms with E-state index in [1.807, 2.05) is 0 Å². The van der Waals surface area contributed by atoms with Gasteiger partial charge in [0.2, 0.25) is 0 Å². The van der Waals surface area contributed by atoms with Gasteiger partial charge in [-0.1, -0.05) is 0 Å². The molecule has 0 nitrogen and oxygen atoms in total. The van der Waals surface area contributed by atoms with Crippen LogP contribution in [0.25, 0.3) is 0 Å². The first-order valence-electron chi connectivity index (χ1n) is 4.70. The van der Waals surface area contributed by atoms with Crippen LogP contribution in [0.4, 0.5) is 0 Å². The molecule has 14 heavy (non-hydrogen) atoms. The molecule has 0 aromatic heterocycles. The summed E-state index contributed by atoms with van der Waals surface area (Å²) >= 11 is 2.05. The number of allylic oxidation sites excluding steroid dienone is 2. The van der Waals surface area contributed by atoms with Crippen LogP contribution in [0.2, 0.25) is 0 Å². The van der Waals surface area contributed by atoms with Gasteiger partial charge in [-0.25, -0.2) is 0 Å². The average Bonchev–Trinajstić information content (AvgIpc) is 2.21. The van der Waals surface area contributed by atoms with Crippen LogP contribution in [0, 0.1) is 6.92 Å². The summed E-state index contributed by atoms with van der Waals surface area (Å²) in [4.78, 5) is 0. The van der Waals surface area contributed by atoms with E-state index in [0.29, 0.717) is 0 Å². The molecule has 0 N–H and O–H groups in total. The number of aryl methyl sites for hydroxylation is 1. The van der Waals surface area contributed by atoms with Gasteiger partial charge in [0.1, 0.15) is 0 Å². The first-order valence-corrected chi connectivity index (χ1v) is 14.6. The fourth-order valence-corrected chi connectivity index (χ4v) is 8.20. The number of hydrogen-bond donors (Lipinski definition) is 0. The summed E-state index contributed by atoms with van der Waals surface area (Å²) in [6.07, 6.45) is 2.23. The zero-order valence-corrected chi connectivity index (χ0v) is 13.8. The molecule has 0 fully saturated rings. The molecule has 0 bridgehead atoms. The molecular formula is C12H14IY. The van der Waals surface area contributed by atoms with Gasteiger partial charge in [0.25, 0.3) is 0 Å². The molecule has 0 atom stereocenters. The summed E-state index contributed by atoms with van der Waals surface area (Å²) in [7, 11) is 0. The zero-order chi connectivity index (χ0) is 10.6. The SMILES string of the molecule is CC=C(C)[C](=[Y][I])c1ccccc1C. The topological polar surface area (TPSA) is 0 Å². The number of benzene rings is 1. The Balaban J connectivity index is 3.22. The van der Waals surface area contributed by atoms with Crippen molar-refractivity contribution >= 4 is 18.6 Å². The molecule has 0 saturated heterocycles. The van der Waals surface area contributed by atoms with Gasteiger partial charge in [0.05, 0.1) is 0 Å². The van der Waals surface area contributed by atoms with Crippen LogP contribution >= 0.6 is 16.3 Å². The van der Waals surface area contributed by atoms with Crippen molar-refractivity contribution in [3.8, 4) is 0 Å². The van der Waals surface area contributed by atoms with Crippen molar-refractivity contribution in [2.45, 2.75) is 20.8 Å². The summed E-state index contributed by atoms with van der Waals surface area (Å²) in [5, 5.41) is 0. The van der Waals surface area contributed by atoms with Crippen molar-refractivity contribution in [1.29, 1.82) is 0 Å². The second kappa shape index (κ2) is 6.29. The summed E-state index contributed by atoms with van der Waals surface area (Å²) in [5.74, 6) is 0. The second-order valence-electron chi connectivity index (χ2n) is 3.31. The van der Waals surface area contributed by atoms with E-state index in [0.717, 1.165) is 0 Å². The van der Waals surface area contributed by atoms with E-state index in [2.05, 4.69) is 67.5 Å². The third-order valence-corrected chi connectivity index (χ3v) is 8.51. The maximum atomic E-state index is 2.62. The summed E-state index contributed by atoms with van der Waals surface area (Å²) in [6, 6.07) is 8.71. The Morgan fingerprint density at radius 3 is 2.50 bits per heavy atom. The van der Waals surface area contributed by atoms with Gasteiger partial charge in [-0.2, -0.15) is 0 Å². The third-order valence-electron chi connectivity index (χ3n) is 2.40. The van der Waals surface area contributed by atoms with Gasteiger partial charge in [-0.05, 0) is 0 Å². The first-order chi connectivity index (χ1) is 6.70. The van der Waals surface area contributed by atoms with Crippen molar-refractivity contribution in [3.05, 3.63) is 47.0 Å². The fraction of sp³-hybridized carbons (Fsp3) is 0.250. The van der Waals surface area contributed by atoms with Gasteiger partial charge in [-0.15, -0.1) is 0 Å². The van der Waals surface area contributed by atoms with E-state index in [1.54, 1.807) is 2.30 Å². The Bertz CT molecular complexity index is 378. The van der Waals surface area contributed by atoms with E-state index in [9.17, 15) is 0 Å². The fourth-order valence-electron chi connectivity index (χ4n) is 1.39. The van der Waals surface area contributed by atoms with Gasteiger partial charge in [-0.3, -0.25) is 0 Å². The van der Waals surface area contributed by atoms with Crippen LogP contribution < -0.4 is 0 Å². The average molecular weight is 374 g/mol. The Labute approximate surface area is 109 Å². The molecule has 0 spiro atoms. The number of hydrogen-bond acceptors (Lipinski definition) is 0. The maximum absolute atomic E-state index is 2.62. The Morgan fingerprint density at radius 1 is 1.36 bits per heavy atom. The van der Waals surface area contributed by atoms with Gasteiger partial charge >= 0.3 is 110 Å². The van der Waals surface area contributed by atoms with Crippen molar-refractivity contribution in [3.63, 3.8) is 0 Å². The van der Waals surface area contributed by atoms with Gasteiger partial charge in [0.15, 0.2) is 0 Å². The molecule has 0 aliphatic rings. The monoisotopic (exact) mass is 374 g/mol. The summed E-state index contributed by atoms with van der Waals surface area (Å²) in [6.45, 7) is 6.56. The molecule has 2 heteroatoms. The molecule has 0 heterocycles. The molecule has 0 unspecified atom stereocenters. The Hall–Kier alpha value is 0.664. The van der Waals surface area contributed by atoms with E-state index in [-0.39, 0.29) is 0 Å². The standard InChI is InChI=1S/C12H14.HI.Y/c1-4-10(2)9-12-8-6-5-7-11(12)3;;/h4-8H,1-3H3;1H;/q;;+1/p-1. The van der Waals surface area contributed by atoms with Crippen molar-refractivity contribution in [1.82, 2.24) is 0 Å². The number of halogens is 1. The van der Waals surface area contributed by atoms with Crippen LogP contribution in [-0.2, 0) is 23.9 Å². The molecular weight excluding hydrogens is 360 g/mol. The van der Waals surface area contributed by atoms with Crippen LogP contribution in [-0.4, -0.2) is 2.30 Å². The Morgan fingerprint density at radius 2 is 2.00 bits per heavy atom. The number of rotatable bonds is 2. The van der Waals surface area contributed by atoms with Crippen molar-refractivity contribution < 1.29 is 23.9 Å². The quantitative estimate of drug-likeness (QED) is 0.689. The van der Waals surface area contributed by atoms with Crippen LogP contribution in [0.3, 0.4) is 0 Å². The molecule has 0 saturated carbocycles. The molecule has 1 rings (SSSR count). The minimum absolute atomic E-state index is 0.573. The minimum atomic E-state index is -0.573. The summed E-state index contributed by atoms with van der Waals surface area (Å²) in [5.41, 5.74) is 4.35. The molecule has 0 aliphatic heterocycles. The zero-order valence-electron chi connectivity index (χ0n) is 8.84. The second-order valence-corrected chi connectivity index (χ2v) is 8.95. The normalized spacial score (nSPS) is 12.6. The van der Waals surface area contributed by atoms with Crippen LogP contribution in [0.15, 0.2) is 35.9 Å². The first kappa shape index (κ1) is 12.7. The predicted molar refractivity (Wildman–Crippen MR) is 68.7 cm³/mol. The van der Waals surface area contributed by atoms with Crippen molar-refractivity contribution in [2.24, 2.45) is 0 Å². The molecule has 0 aliphatic carbocycles. The van der Waals surface area contributed by atoms with Crippen molar-refractivity contribution in [2.75, 3.05) is 0 Å². The van der Waals surface area contributed by atoms with Gasteiger partial charge in [0, 0.05) is 0 Å². The van der Waals surface area contributed by atoms with E-state index in [1.165, 1.54) is 16.7 Å². The van der Waals surface area contributed by atoms with Crippen LogP contribution in [0.5, 0.6) is 0 Å². The molecule has 72 valence electrons. The Kier molecular flexibility index (Phi) is 5.72. The molecule has 0 radical (unpaired) electrons. The van der Waals surface area contributed by atoms with E-state index >= 15 is 0 Å². The molecule has 0 amide bonds. The summed E-state index contributed by atoms with van der Waals surface area (Å²) < 4.78 is 1.64. The van der Waals surface area contributed by atoms with E-state index < -0.39 is 23.9 Å². The van der Waals surface area contributed by atoms with Gasteiger partial charge < -0.3 is 0 Å². The third kappa shape index (κ3) is 3.08. The molecule has 1 aromatic carbocycles. The van der Waals surface area contributed by atoms with E-state index in [4.69, 9.17) is 0 Å².